The summed E-state index contributed by atoms with van der Waals surface area (Å²) in [4.78, 5) is 41.3. The summed E-state index contributed by atoms with van der Waals surface area (Å²) in [5, 5.41) is 2.89. The first-order valence-electron chi connectivity index (χ1n) is 10.7. The molecule has 162 valence electrons. The van der Waals surface area contributed by atoms with Crippen molar-refractivity contribution in [2.75, 3.05) is 39.4 Å². The minimum absolute atomic E-state index is 0.134. The molecule has 0 aromatic heterocycles. The Labute approximate surface area is 176 Å². The van der Waals surface area contributed by atoms with E-state index in [9.17, 15) is 14.4 Å². The quantitative estimate of drug-likeness (QED) is 0.781. The summed E-state index contributed by atoms with van der Waals surface area (Å²) in [6, 6.07) is 6.56. The highest BCUT2D eigenvalue weighted by molar-refractivity contribution is 6.00. The van der Waals surface area contributed by atoms with Crippen LogP contribution in [0, 0.1) is 0 Å². The fourth-order valence-electron chi connectivity index (χ4n) is 4.39. The van der Waals surface area contributed by atoms with E-state index in [0.717, 1.165) is 13.0 Å². The van der Waals surface area contributed by atoms with Gasteiger partial charge in [-0.1, -0.05) is 12.1 Å². The zero-order valence-electron chi connectivity index (χ0n) is 17.4. The predicted octanol–water partition coefficient (Wildman–Crippen LogP) is 1.20. The van der Waals surface area contributed by atoms with E-state index in [2.05, 4.69) is 5.32 Å². The van der Waals surface area contributed by atoms with Crippen LogP contribution in [-0.2, 0) is 14.3 Å². The minimum atomic E-state index is -0.652. The maximum absolute atomic E-state index is 13.3. The summed E-state index contributed by atoms with van der Waals surface area (Å²) in [6.45, 7) is 4.83. The number of benzene rings is 1. The number of para-hydroxylation sites is 1. The summed E-state index contributed by atoms with van der Waals surface area (Å²) in [6.07, 6.45) is 2.78. The molecule has 0 bridgehead atoms. The number of fused-ring (bicyclic) bond motifs is 1. The van der Waals surface area contributed by atoms with Gasteiger partial charge in [0, 0.05) is 38.9 Å². The third-order valence-corrected chi connectivity index (χ3v) is 6.27. The fraction of sp³-hybridized carbons (Fsp3) is 0.591. The van der Waals surface area contributed by atoms with Crippen molar-refractivity contribution in [1.29, 1.82) is 0 Å². The number of carbonyl (C=O) groups excluding carboxylic acids is 3. The maximum atomic E-state index is 13.3. The molecule has 0 radical (unpaired) electrons. The van der Waals surface area contributed by atoms with Gasteiger partial charge in [-0.15, -0.1) is 0 Å². The molecule has 8 heteroatoms. The van der Waals surface area contributed by atoms with E-state index in [-0.39, 0.29) is 17.7 Å². The third-order valence-electron chi connectivity index (χ3n) is 6.27. The average molecular weight is 415 g/mol. The Morgan fingerprint density at radius 3 is 2.73 bits per heavy atom. The van der Waals surface area contributed by atoms with Crippen molar-refractivity contribution in [3.63, 3.8) is 0 Å². The smallest absolute Gasteiger partial charge is 0.258 e. The molecule has 8 nitrogen and oxygen atoms in total. The number of likely N-dealkylation sites (tertiary alicyclic amines) is 1. The van der Waals surface area contributed by atoms with E-state index in [4.69, 9.17) is 9.47 Å². The molecule has 3 heterocycles. The van der Waals surface area contributed by atoms with E-state index >= 15 is 0 Å². The van der Waals surface area contributed by atoms with Crippen LogP contribution in [0.2, 0.25) is 0 Å². The molecule has 1 atom stereocenters. The summed E-state index contributed by atoms with van der Waals surface area (Å²) < 4.78 is 11.9. The van der Waals surface area contributed by atoms with Crippen LogP contribution in [0.3, 0.4) is 0 Å². The fourth-order valence-corrected chi connectivity index (χ4v) is 4.39. The molecule has 3 aliphatic rings. The second-order valence-corrected chi connectivity index (χ2v) is 8.28. The number of amides is 3. The number of nitrogens with zero attached hydrogens (tertiary/aromatic N) is 2. The molecule has 30 heavy (non-hydrogen) atoms. The van der Waals surface area contributed by atoms with E-state index < -0.39 is 11.6 Å². The van der Waals surface area contributed by atoms with Gasteiger partial charge in [-0.25, -0.2) is 0 Å². The Morgan fingerprint density at radius 1 is 1.23 bits per heavy atom. The summed E-state index contributed by atoms with van der Waals surface area (Å²) >= 11 is 0. The van der Waals surface area contributed by atoms with Gasteiger partial charge in [-0.05, 0) is 25.5 Å². The normalized spacial score (nSPS) is 21.8. The van der Waals surface area contributed by atoms with Crippen molar-refractivity contribution in [3.8, 4) is 5.75 Å². The lowest BCUT2D eigenvalue weighted by Crippen LogP contribution is -2.56. The van der Waals surface area contributed by atoms with Gasteiger partial charge in [0.2, 0.25) is 11.8 Å². The van der Waals surface area contributed by atoms with E-state index in [0.29, 0.717) is 63.4 Å². The van der Waals surface area contributed by atoms with Crippen molar-refractivity contribution in [1.82, 2.24) is 15.1 Å². The lowest BCUT2D eigenvalue weighted by molar-refractivity contribution is -0.129. The zero-order valence-corrected chi connectivity index (χ0v) is 17.4. The molecule has 1 aromatic carbocycles. The first-order chi connectivity index (χ1) is 14.5. The molecule has 1 N–H and O–H groups in total. The molecule has 4 rings (SSSR count). The summed E-state index contributed by atoms with van der Waals surface area (Å²) in [7, 11) is 0. The first-order valence-corrected chi connectivity index (χ1v) is 10.7. The highest BCUT2D eigenvalue weighted by Gasteiger charge is 2.44. The lowest BCUT2D eigenvalue weighted by Gasteiger charge is -2.40. The third kappa shape index (κ3) is 4.14. The van der Waals surface area contributed by atoms with Gasteiger partial charge in [0.05, 0.1) is 25.3 Å². The van der Waals surface area contributed by atoms with Gasteiger partial charge >= 0.3 is 0 Å². The van der Waals surface area contributed by atoms with Gasteiger partial charge < -0.3 is 24.6 Å². The second-order valence-electron chi connectivity index (χ2n) is 8.28. The van der Waals surface area contributed by atoms with Crippen LogP contribution in [0.1, 0.15) is 43.0 Å². The van der Waals surface area contributed by atoms with Crippen molar-refractivity contribution in [2.45, 2.75) is 44.2 Å². The number of hydrogen-bond acceptors (Lipinski definition) is 5. The largest absolute Gasteiger partial charge is 0.484 e. The van der Waals surface area contributed by atoms with Crippen LogP contribution < -0.4 is 10.1 Å². The van der Waals surface area contributed by atoms with Gasteiger partial charge in [-0.3, -0.25) is 14.4 Å². The second kappa shape index (κ2) is 8.63. The molecule has 2 saturated heterocycles. The Bertz CT molecular complexity index is 821. The average Bonchev–Trinajstić information content (AvgIpc) is 3.12. The van der Waals surface area contributed by atoms with Gasteiger partial charge in [0.25, 0.3) is 5.91 Å². The van der Waals surface area contributed by atoms with E-state index in [1.54, 1.807) is 28.9 Å². The Morgan fingerprint density at radius 2 is 2.00 bits per heavy atom. The number of ether oxygens (including phenoxy) is 2. The Kier molecular flexibility index (Phi) is 5.94. The molecular formula is C22H29N3O5. The van der Waals surface area contributed by atoms with Crippen molar-refractivity contribution < 1.29 is 23.9 Å². The molecule has 2 fully saturated rings. The number of nitrogens with one attached hydrogen (secondary N) is 1. The van der Waals surface area contributed by atoms with Crippen LogP contribution in [-0.4, -0.2) is 78.6 Å². The van der Waals surface area contributed by atoms with Crippen molar-refractivity contribution in [2.24, 2.45) is 0 Å². The van der Waals surface area contributed by atoms with E-state index in [1.165, 1.54) is 0 Å². The highest BCUT2D eigenvalue weighted by Crippen LogP contribution is 2.35. The minimum Gasteiger partial charge on any atom is -0.484 e. The van der Waals surface area contributed by atoms with Crippen LogP contribution in [0.15, 0.2) is 24.3 Å². The van der Waals surface area contributed by atoms with Gasteiger partial charge in [0.15, 0.2) is 0 Å². The summed E-state index contributed by atoms with van der Waals surface area (Å²) in [5.41, 5.74) is -0.0833. The number of carbonyl (C=O) groups is 3. The van der Waals surface area contributed by atoms with Gasteiger partial charge in [-0.2, -0.15) is 0 Å². The molecule has 0 saturated carbocycles. The standard InChI is InChI=1S/C22H29N3O5/c1-16(20(27)23-10-12-24-11-4-7-19(24)26)25-15-22(8-13-29-14-9-22)30-18-6-3-2-5-17(18)21(25)28/h2-3,5-6,16H,4,7-15H2,1H3,(H,23,27). The van der Waals surface area contributed by atoms with Crippen molar-refractivity contribution >= 4 is 17.7 Å². The molecule has 3 amide bonds. The molecule has 1 spiro atoms. The highest BCUT2D eigenvalue weighted by atomic mass is 16.5. The Hall–Kier alpha value is -2.61. The zero-order chi connectivity index (χ0) is 21.1. The molecule has 0 aliphatic carbocycles. The molecule has 1 aromatic rings. The van der Waals surface area contributed by atoms with Crippen LogP contribution in [0.4, 0.5) is 0 Å². The number of rotatable bonds is 5. The Balaban J connectivity index is 1.48. The van der Waals surface area contributed by atoms with Crippen LogP contribution in [0.5, 0.6) is 5.75 Å². The predicted molar refractivity (Wildman–Crippen MR) is 109 cm³/mol. The van der Waals surface area contributed by atoms with E-state index in [1.807, 2.05) is 12.1 Å². The molecular weight excluding hydrogens is 386 g/mol. The molecule has 1 unspecified atom stereocenters. The first kappa shape index (κ1) is 20.7. The molecule has 3 aliphatic heterocycles. The lowest BCUT2D eigenvalue weighted by atomic mass is 9.93. The van der Waals surface area contributed by atoms with Crippen LogP contribution in [0.25, 0.3) is 0 Å². The monoisotopic (exact) mass is 415 g/mol. The maximum Gasteiger partial charge on any atom is 0.258 e. The summed E-state index contributed by atoms with van der Waals surface area (Å²) in [5.74, 6) is 0.269. The van der Waals surface area contributed by atoms with Crippen molar-refractivity contribution in [3.05, 3.63) is 29.8 Å². The SMILES string of the molecule is CC(C(=O)NCCN1CCCC1=O)N1CC2(CCOCC2)Oc2ccccc2C1=O. The van der Waals surface area contributed by atoms with Crippen LogP contribution >= 0.6 is 0 Å². The number of hydrogen-bond donors (Lipinski definition) is 1. The van der Waals surface area contributed by atoms with Gasteiger partial charge in [0.1, 0.15) is 17.4 Å². The topological polar surface area (TPSA) is 88.2 Å².